The van der Waals surface area contributed by atoms with Crippen molar-refractivity contribution >= 4 is 40.2 Å². The summed E-state index contributed by atoms with van der Waals surface area (Å²) in [6.45, 7) is 2.58. The first kappa shape index (κ1) is 14.4. The first-order valence-corrected chi connectivity index (χ1v) is 7.07. The van der Waals surface area contributed by atoms with E-state index in [0.717, 1.165) is 19.3 Å². The molecule has 0 bridgehead atoms. The minimum atomic E-state index is -1.01. The van der Waals surface area contributed by atoms with E-state index in [9.17, 15) is 14.7 Å². The predicted octanol–water partition coefficient (Wildman–Crippen LogP) is 0.936. The van der Waals surface area contributed by atoms with Gasteiger partial charge in [0.2, 0.25) is 5.91 Å². The first-order chi connectivity index (χ1) is 8.06. The van der Waals surface area contributed by atoms with Crippen molar-refractivity contribution in [1.29, 1.82) is 0 Å². The lowest BCUT2D eigenvalue weighted by molar-refractivity contribution is -0.305. The molecule has 17 heavy (non-hydrogen) atoms. The van der Waals surface area contributed by atoms with Gasteiger partial charge in [0.25, 0.3) is 0 Å². The summed E-state index contributed by atoms with van der Waals surface area (Å²) >= 11 is 6.60. The lowest BCUT2D eigenvalue weighted by Crippen LogP contribution is -2.32. The zero-order chi connectivity index (χ0) is 12.8. The molecule has 0 N–H and O–H groups in total. The van der Waals surface area contributed by atoms with Gasteiger partial charge >= 0.3 is 0 Å². The second-order valence-corrected chi connectivity index (χ2v) is 5.79. The van der Waals surface area contributed by atoms with Crippen molar-refractivity contribution in [2.45, 2.75) is 44.3 Å². The van der Waals surface area contributed by atoms with Crippen LogP contribution in [-0.2, 0) is 9.59 Å². The molecule has 1 saturated heterocycles. The Morgan fingerprint density at radius 3 is 2.71 bits per heavy atom. The quantitative estimate of drug-likeness (QED) is 0.511. The molecular weight excluding hydrogens is 258 g/mol. The molecule has 1 amide bonds. The Bertz CT molecular complexity index is 320. The summed E-state index contributed by atoms with van der Waals surface area (Å²) in [5, 5.41) is 10.2. The lowest BCUT2D eigenvalue weighted by Gasteiger charge is -2.15. The molecular formula is C11H16NO3S2-. The summed E-state index contributed by atoms with van der Waals surface area (Å²) in [5.41, 5.74) is 0. The number of thiocarbonyl (C=S) groups is 1. The Kier molecular flexibility index (Phi) is 5.91. The number of carbonyl (C=O) groups excluding carboxylic acids is 2. The van der Waals surface area contributed by atoms with E-state index >= 15 is 0 Å². The molecule has 0 radical (unpaired) electrons. The molecule has 0 aromatic carbocycles. The van der Waals surface area contributed by atoms with Gasteiger partial charge in [-0.05, 0) is 25.7 Å². The smallest absolute Gasteiger partial charge is 0.241 e. The number of hydrogen-bond acceptors (Lipinski definition) is 5. The van der Waals surface area contributed by atoms with Gasteiger partial charge in [0, 0.05) is 12.5 Å². The van der Waals surface area contributed by atoms with Crippen molar-refractivity contribution < 1.29 is 14.7 Å². The number of carboxylic acids is 1. The predicted molar refractivity (Wildman–Crippen MR) is 69.5 cm³/mol. The Morgan fingerprint density at radius 2 is 2.18 bits per heavy atom. The van der Waals surface area contributed by atoms with Crippen LogP contribution in [0.5, 0.6) is 0 Å². The van der Waals surface area contributed by atoms with Crippen LogP contribution in [0.2, 0.25) is 0 Å². The van der Waals surface area contributed by atoms with Crippen LogP contribution in [0.3, 0.4) is 0 Å². The Hall–Kier alpha value is -0.620. The van der Waals surface area contributed by atoms with Crippen LogP contribution in [0, 0.1) is 0 Å². The van der Waals surface area contributed by atoms with Gasteiger partial charge in [0.05, 0.1) is 5.25 Å². The molecule has 0 unspecified atom stereocenters. The molecule has 1 atom stereocenters. The second kappa shape index (κ2) is 6.96. The maximum atomic E-state index is 11.8. The fourth-order valence-electron chi connectivity index (χ4n) is 1.67. The Labute approximate surface area is 111 Å². The van der Waals surface area contributed by atoms with Gasteiger partial charge in [0.15, 0.2) is 0 Å². The second-order valence-electron chi connectivity index (χ2n) is 3.95. The van der Waals surface area contributed by atoms with E-state index in [0.29, 0.717) is 17.3 Å². The highest BCUT2D eigenvalue weighted by Gasteiger charge is 2.34. The Balaban J connectivity index is 2.25. The van der Waals surface area contributed by atoms with E-state index < -0.39 is 5.97 Å². The third-order valence-corrected chi connectivity index (χ3v) is 4.39. The topological polar surface area (TPSA) is 60.4 Å². The maximum Gasteiger partial charge on any atom is 0.241 e. The molecule has 0 saturated carbocycles. The number of carbonyl (C=O) groups is 2. The standard InChI is InChI=1S/C11H17NO3S2/c1-2-8-10(15)12(11(16)17-8)7-5-3-4-6-9(13)14/h8H,2-7H2,1H3,(H,13,14)/p-1/t8-/m0/s1. The normalized spacial score (nSPS) is 20.1. The number of amides is 1. The van der Waals surface area contributed by atoms with Crippen LogP contribution >= 0.6 is 24.0 Å². The van der Waals surface area contributed by atoms with Gasteiger partial charge in [-0.15, -0.1) is 0 Å². The summed E-state index contributed by atoms with van der Waals surface area (Å²) in [5.74, 6) is -0.915. The van der Waals surface area contributed by atoms with E-state index in [1.807, 2.05) is 6.92 Å². The van der Waals surface area contributed by atoms with E-state index in [-0.39, 0.29) is 17.6 Å². The van der Waals surface area contributed by atoms with Gasteiger partial charge < -0.3 is 9.90 Å². The van der Waals surface area contributed by atoms with Crippen LogP contribution in [0.25, 0.3) is 0 Å². The number of nitrogens with zero attached hydrogens (tertiary/aromatic N) is 1. The molecule has 4 nitrogen and oxygen atoms in total. The number of hydrogen-bond donors (Lipinski definition) is 0. The average molecular weight is 274 g/mol. The van der Waals surface area contributed by atoms with Crippen molar-refractivity contribution in [2.75, 3.05) is 6.54 Å². The average Bonchev–Trinajstić information content (AvgIpc) is 2.54. The number of thioether (sulfide) groups is 1. The number of unbranched alkanes of at least 4 members (excludes halogenated alkanes) is 2. The fraction of sp³-hybridized carbons (Fsp3) is 0.727. The molecule has 0 aliphatic carbocycles. The van der Waals surface area contributed by atoms with Crippen molar-refractivity contribution in [3.63, 3.8) is 0 Å². The van der Waals surface area contributed by atoms with E-state index in [1.54, 1.807) is 4.90 Å². The highest BCUT2D eigenvalue weighted by Crippen LogP contribution is 2.29. The maximum absolute atomic E-state index is 11.8. The molecule has 1 fully saturated rings. The molecule has 0 aromatic rings. The number of rotatable bonds is 7. The minimum absolute atomic E-state index is 0.0225. The van der Waals surface area contributed by atoms with Crippen molar-refractivity contribution in [2.24, 2.45) is 0 Å². The molecule has 6 heteroatoms. The largest absolute Gasteiger partial charge is 0.550 e. The molecule has 0 spiro atoms. The zero-order valence-corrected chi connectivity index (χ0v) is 11.4. The van der Waals surface area contributed by atoms with E-state index in [2.05, 4.69) is 0 Å². The van der Waals surface area contributed by atoms with Crippen LogP contribution in [0.15, 0.2) is 0 Å². The molecule has 1 heterocycles. The van der Waals surface area contributed by atoms with Crippen LogP contribution < -0.4 is 5.11 Å². The third-order valence-electron chi connectivity index (χ3n) is 2.64. The summed E-state index contributed by atoms with van der Waals surface area (Å²) in [6, 6.07) is 0. The summed E-state index contributed by atoms with van der Waals surface area (Å²) < 4.78 is 0.654. The monoisotopic (exact) mass is 274 g/mol. The molecule has 1 aliphatic rings. The van der Waals surface area contributed by atoms with Crippen LogP contribution in [0.1, 0.15) is 39.0 Å². The number of carboxylic acid groups (broad SMARTS) is 1. The van der Waals surface area contributed by atoms with Gasteiger partial charge in [-0.2, -0.15) is 0 Å². The van der Waals surface area contributed by atoms with Crippen LogP contribution in [0.4, 0.5) is 0 Å². The minimum Gasteiger partial charge on any atom is -0.550 e. The molecule has 96 valence electrons. The van der Waals surface area contributed by atoms with Crippen LogP contribution in [-0.4, -0.2) is 32.9 Å². The summed E-state index contributed by atoms with van der Waals surface area (Å²) in [6.07, 6.45) is 3.05. The molecule has 1 rings (SSSR count). The lowest BCUT2D eigenvalue weighted by atomic mass is 10.2. The highest BCUT2D eigenvalue weighted by atomic mass is 32.2. The van der Waals surface area contributed by atoms with Gasteiger partial charge in [-0.1, -0.05) is 37.3 Å². The third kappa shape index (κ3) is 4.27. The van der Waals surface area contributed by atoms with Gasteiger partial charge in [0.1, 0.15) is 4.32 Å². The highest BCUT2D eigenvalue weighted by molar-refractivity contribution is 8.24. The first-order valence-electron chi connectivity index (χ1n) is 5.78. The summed E-state index contributed by atoms with van der Waals surface area (Å²) in [4.78, 5) is 23.7. The number of aliphatic carboxylic acids is 1. The summed E-state index contributed by atoms with van der Waals surface area (Å²) in [7, 11) is 0. The van der Waals surface area contributed by atoms with E-state index in [4.69, 9.17) is 12.2 Å². The van der Waals surface area contributed by atoms with Crippen molar-refractivity contribution in [3.8, 4) is 0 Å². The van der Waals surface area contributed by atoms with Gasteiger partial charge in [-0.25, -0.2) is 0 Å². The van der Waals surface area contributed by atoms with E-state index in [1.165, 1.54) is 11.8 Å². The zero-order valence-electron chi connectivity index (χ0n) is 9.81. The SMILES string of the molecule is CC[C@@H]1SC(=S)N(CCCCCC(=O)[O-])C1=O. The Morgan fingerprint density at radius 1 is 1.47 bits per heavy atom. The fourth-order valence-corrected chi connectivity index (χ4v) is 3.15. The molecule has 0 aromatic heterocycles. The van der Waals surface area contributed by atoms with Crippen molar-refractivity contribution in [1.82, 2.24) is 4.90 Å². The molecule has 1 aliphatic heterocycles. The van der Waals surface area contributed by atoms with Gasteiger partial charge in [-0.3, -0.25) is 9.69 Å². The van der Waals surface area contributed by atoms with Crippen molar-refractivity contribution in [3.05, 3.63) is 0 Å².